The van der Waals surface area contributed by atoms with E-state index in [-0.39, 0.29) is 11.7 Å². The predicted octanol–water partition coefficient (Wildman–Crippen LogP) is 4.52. The van der Waals surface area contributed by atoms with Crippen molar-refractivity contribution in [1.82, 2.24) is 20.2 Å². The number of nitrogens with zero attached hydrogens (tertiary/aromatic N) is 3. The largest absolute Gasteiger partial charge is 0.573 e. The van der Waals surface area contributed by atoms with Crippen LogP contribution in [0.2, 0.25) is 0 Å². The molecule has 3 aromatic rings. The summed E-state index contributed by atoms with van der Waals surface area (Å²) in [6.07, 6.45) is -0.219. The van der Waals surface area contributed by atoms with Gasteiger partial charge in [0.2, 0.25) is 5.95 Å². The van der Waals surface area contributed by atoms with Crippen LogP contribution < -0.4 is 15.4 Å². The molecule has 1 amide bonds. The lowest BCUT2D eigenvalue weighted by atomic mass is 10.1. The molecule has 190 valence electrons. The van der Waals surface area contributed by atoms with Gasteiger partial charge in [-0.05, 0) is 68.2 Å². The maximum Gasteiger partial charge on any atom is 0.573 e. The van der Waals surface area contributed by atoms with E-state index < -0.39 is 6.36 Å². The van der Waals surface area contributed by atoms with E-state index in [1.807, 2.05) is 12.1 Å². The number of amides is 1. The fourth-order valence-corrected chi connectivity index (χ4v) is 4.08. The Balaban J connectivity index is 1.32. The summed E-state index contributed by atoms with van der Waals surface area (Å²) >= 11 is 0. The second-order valence-electron chi connectivity index (χ2n) is 8.52. The minimum absolute atomic E-state index is 0.125. The monoisotopic (exact) mass is 499 g/mol. The molecule has 0 bridgehead atoms. The van der Waals surface area contributed by atoms with Gasteiger partial charge in [-0.3, -0.25) is 4.79 Å². The molecule has 4 rings (SSSR count). The topological polar surface area (TPSA) is 79.4 Å². The number of hydrogen-bond acceptors (Lipinski definition) is 6. The van der Waals surface area contributed by atoms with Gasteiger partial charge >= 0.3 is 6.36 Å². The Labute approximate surface area is 207 Å². The third-order valence-corrected chi connectivity index (χ3v) is 5.82. The predicted molar refractivity (Wildman–Crippen MR) is 131 cm³/mol. The van der Waals surface area contributed by atoms with Crippen LogP contribution in [0.4, 0.5) is 19.1 Å². The quantitative estimate of drug-likeness (QED) is 0.427. The number of aromatic nitrogens is 2. The minimum Gasteiger partial charge on any atom is -0.406 e. The molecule has 2 N–H and O–H groups in total. The number of hydrogen-bond donors (Lipinski definition) is 2. The van der Waals surface area contributed by atoms with Gasteiger partial charge in [-0.1, -0.05) is 24.3 Å². The molecule has 7 nitrogen and oxygen atoms in total. The molecule has 0 atom stereocenters. The molecule has 0 radical (unpaired) electrons. The van der Waals surface area contributed by atoms with Gasteiger partial charge in [0.15, 0.2) is 0 Å². The molecule has 0 spiro atoms. The molecule has 1 aliphatic rings. The maximum atomic E-state index is 12.6. The fourth-order valence-electron chi connectivity index (χ4n) is 4.08. The normalized spacial score (nSPS) is 14.0. The van der Waals surface area contributed by atoms with Crippen molar-refractivity contribution in [2.24, 2.45) is 0 Å². The van der Waals surface area contributed by atoms with Gasteiger partial charge in [-0.25, -0.2) is 9.97 Å². The van der Waals surface area contributed by atoms with Crippen LogP contribution in [0, 0.1) is 0 Å². The van der Waals surface area contributed by atoms with Crippen molar-refractivity contribution >= 4 is 11.9 Å². The summed E-state index contributed by atoms with van der Waals surface area (Å²) in [5, 5.41) is 6.07. The lowest BCUT2D eigenvalue weighted by Crippen LogP contribution is -2.33. The van der Waals surface area contributed by atoms with Gasteiger partial charge in [0.05, 0.1) is 5.69 Å². The highest BCUT2D eigenvalue weighted by Gasteiger charge is 2.31. The lowest BCUT2D eigenvalue weighted by Gasteiger charge is -2.14. The van der Waals surface area contributed by atoms with Gasteiger partial charge in [-0.2, -0.15) is 0 Å². The number of carbonyl (C=O) groups excluding carboxylic acids is 1. The molecule has 2 heterocycles. The standard InChI is InChI=1S/C26H28F3N5O2/c27-26(28,29)36-22-8-3-5-19(17-22)9-11-31-25-32-12-10-23(33-25)20-6-4-7-21(18-20)24(35)30-13-16-34-14-1-2-15-34/h3-8,10,12,17-18H,1-2,9,11,13-16H2,(H,30,35)(H,31,32,33). The Morgan fingerprint density at radius 3 is 2.64 bits per heavy atom. The molecular formula is C26H28F3N5O2. The summed E-state index contributed by atoms with van der Waals surface area (Å²) in [4.78, 5) is 23.7. The molecule has 0 aliphatic carbocycles. The summed E-state index contributed by atoms with van der Waals surface area (Å²) in [5.74, 6) is 0.00839. The first kappa shape index (κ1) is 25.4. The SMILES string of the molecule is O=C(NCCN1CCCC1)c1cccc(-c2ccnc(NCCc3cccc(OC(F)(F)F)c3)n2)c1. The summed E-state index contributed by atoms with van der Waals surface area (Å²) in [7, 11) is 0. The van der Waals surface area contributed by atoms with Crippen LogP contribution in [0.3, 0.4) is 0 Å². The Hall–Kier alpha value is -3.66. The van der Waals surface area contributed by atoms with E-state index in [2.05, 4.69) is 30.2 Å². The Morgan fingerprint density at radius 2 is 1.83 bits per heavy atom. The van der Waals surface area contributed by atoms with E-state index in [4.69, 9.17) is 0 Å². The third-order valence-electron chi connectivity index (χ3n) is 5.82. The zero-order valence-corrected chi connectivity index (χ0v) is 19.7. The average molecular weight is 500 g/mol. The van der Waals surface area contributed by atoms with E-state index in [0.29, 0.717) is 42.3 Å². The molecule has 1 saturated heterocycles. The second-order valence-corrected chi connectivity index (χ2v) is 8.52. The molecule has 1 aliphatic heterocycles. The summed E-state index contributed by atoms with van der Waals surface area (Å²) in [5.41, 5.74) is 2.68. The van der Waals surface area contributed by atoms with Crippen LogP contribution in [0.1, 0.15) is 28.8 Å². The lowest BCUT2D eigenvalue weighted by molar-refractivity contribution is -0.274. The number of rotatable bonds is 10. The van der Waals surface area contributed by atoms with Crippen molar-refractivity contribution in [3.05, 3.63) is 71.9 Å². The first-order valence-electron chi connectivity index (χ1n) is 11.9. The van der Waals surface area contributed by atoms with Crippen molar-refractivity contribution in [3.8, 4) is 17.0 Å². The van der Waals surface area contributed by atoms with Gasteiger partial charge < -0.3 is 20.3 Å². The maximum absolute atomic E-state index is 12.6. The van der Waals surface area contributed by atoms with Crippen LogP contribution in [0.15, 0.2) is 60.8 Å². The molecule has 0 saturated carbocycles. The van der Waals surface area contributed by atoms with Crippen molar-refractivity contribution < 1.29 is 22.7 Å². The molecule has 0 unspecified atom stereocenters. The number of carbonyl (C=O) groups is 1. The molecule has 10 heteroatoms. The fraction of sp³-hybridized carbons (Fsp3) is 0.346. The summed E-state index contributed by atoms with van der Waals surface area (Å²) < 4.78 is 41.3. The van der Waals surface area contributed by atoms with Gasteiger partial charge in [0.25, 0.3) is 5.91 Å². The third kappa shape index (κ3) is 7.67. The van der Waals surface area contributed by atoms with Crippen molar-refractivity contribution in [3.63, 3.8) is 0 Å². The first-order chi connectivity index (χ1) is 17.4. The smallest absolute Gasteiger partial charge is 0.406 e. The van der Waals surface area contributed by atoms with E-state index in [9.17, 15) is 18.0 Å². The van der Waals surface area contributed by atoms with Crippen LogP contribution in [-0.4, -0.2) is 59.9 Å². The van der Waals surface area contributed by atoms with Gasteiger partial charge in [-0.15, -0.1) is 13.2 Å². The zero-order chi connectivity index (χ0) is 25.4. The first-order valence-corrected chi connectivity index (χ1v) is 11.9. The zero-order valence-electron chi connectivity index (χ0n) is 19.7. The van der Waals surface area contributed by atoms with Gasteiger partial charge in [0, 0.05) is 37.0 Å². The molecule has 1 fully saturated rings. The number of anilines is 1. The number of halogens is 3. The highest BCUT2D eigenvalue weighted by molar-refractivity contribution is 5.95. The Kier molecular flexibility index (Phi) is 8.37. The van der Waals surface area contributed by atoms with Crippen molar-refractivity contribution in [1.29, 1.82) is 0 Å². The minimum atomic E-state index is -4.73. The van der Waals surface area contributed by atoms with Crippen LogP contribution in [0.5, 0.6) is 5.75 Å². The Morgan fingerprint density at radius 1 is 1.03 bits per heavy atom. The average Bonchev–Trinajstić information content (AvgIpc) is 3.37. The highest BCUT2D eigenvalue weighted by atomic mass is 19.4. The van der Waals surface area contributed by atoms with Crippen LogP contribution in [0.25, 0.3) is 11.3 Å². The Bertz CT molecular complexity index is 1170. The van der Waals surface area contributed by atoms with Crippen LogP contribution in [-0.2, 0) is 6.42 Å². The molecule has 2 aromatic carbocycles. The second kappa shape index (κ2) is 11.9. The molecule has 1 aromatic heterocycles. The number of alkyl halides is 3. The van der Waals surface area contributed by atoms with E-state index in [0.717, 1.165) is 25.2 Å². The van der Waals surface area contributed by atoms with Gasteiger partial charge in [0.1, 0.15) is 5.75 Å². The number of benzene rings is 2. The van der Waals surface area contributed by atoms with Crippen molar-refractivity contribution in [2.75, 3.05) is 38.0 Å². The molecular weight excluding hydrogens is 471 g/mol. The summed E-state index contributed by atoms with van der Waals surface area (Å²) in [6.45, 7) is 4.06. The van der Waals surface area contributed by atoms with E-state index >= 15 is 0 Å². The number of likely N-dealkylation sites (tertiary alicyclic amines) is 1. The number of nitrogens with one attached hydrogen (secondary N) is 2. The number of ether oxygens (including phenoxy) is 1. The van der Waals surface area contributed by atoms with E-state index in [1.54, 1.807) is 30.5 Å². The van der Waals surface area contributed by atoms with Crippen LogP contribution >= 0.6 is 0 Å². The van der Waals surface area contributed by atoms with E-state index in [1.165, 1.54) is 31.0 Å². The molecule has 36 heavy (non-hydrogen) atoms. The summed E-state index contributed by atoms with van der Waals surface area (Å²) in [6, 6.07) is 14.9. The van der Waals surface area contributed by atoms with Crippen molar-refractivity contribution in [2.45, 2.75) is 25.6 Å². The highest BCUT2D eigenvalue weighted by Crippen LogP contribution is 2.24.